The van der Waals surface area contributed by atoms with Crippen molar-refractivity contribution in [2.45, 2.75) is 12.5 Å². The molecule has 3 N–H and O–H groups in total. The van der Waals surface area contributed by atoms with E-state index in [2.05, 4.69) is 10.2 Å². The molecule has 0 saturated carbocycles. The molecule has 1 atom stereocenters. The van der Waals surface area contributed by atoms with Gasteiger partial charge in [0, 0.05) is 38.8 Å². The van der Waals surface area contributed by atoms with Crippen molar-refractivity contribution in [1.29, 1.82) is 0 Å². The van der Waals surface area contributed by atoms with E-state index in [9.17, 15) is 10.2 Å². The lowest BCUT2D eigenvalue weighted by molar-refractivity contribution is 0.141. The van der Waals surface area contributed by atoms with Crippen LogP contribution in [-0.4, -0.2) is 47.9 Å². The molecule has 5 heteroatoms. The molecule has 1 aromatic rings. The summed E-state index contributed by atoms with van der Waals surface area (Å²) in [6, 6.07) is 7.55. The lowest BCUT2D eigenvalue weighted by atomic mass is 10.0. The Morgan fingerprint density at radius 3 is 2.61 bits per heavy atom. The first-order valence-electron chi connectivity index (χ1n) is 6.16. The number of hydrogen-bond acceptors (Lipinski definition) is 4. The maximum atomic E-state index is 9.54. The van der Waals surface area contributed by atoms with Gasteiger partial charge < -0.3 is 15.5 Å². The number of rotatable bonds is 4. The Morgan fingerprint density at radius 2 is 2.00 bits per heavy atom. The highest BCUT2D eigenvalue weighted by Gasteiger charge is 2.21. The van der Waals surface area contributed by atoms with E-state index in [1.165, 1.54) is 0 Å². The van der Waals surface area contributed by atoms with E-state index in [1.54, 1.807) is 12.1 Å². The molecule has 2 rings (SSSR count). The maximum absolute atomic E-state index is 9.54. The summed E-state index contributed by atoms with van der Waals surface area (Å²) in [6.07, 6.45) is 0.712. The Bertz CT molecular complexity index is 357. The lowest BCUT2D eigenvalue weighted by Gasteiger charge is -2.35. The summed E-state index contributed by atoms with van der Waals surface area (Å²) >= 11 is 0. The summed E-state index contributed by atoms with van der Waals surface area (Å²) in [5.41, 5.74) is 1.08. The van der Waals surface area contributed by atoms with Crippen LogP contribution in [0.5, 0.6) is 5.75 Å². The van der Waals surface area contributed by atoms with Gasteiger partial charge in [0.05, 0.1) is 0 Å². The third-order valence-corrected chi connectivity index (χ3v) is 3.25. The molecule has 0 unspecified atom stereocenters. The zero-order valence-electron chi connectivity index (χ0n) is 10.4. The van der Waals surface area contributed by atoms with Gasteiger partial charge >= 0.3 is 0 Å². The third kappa shape index (κ3) is 3.85. The number of aliphatic hydroxyl groups is 1. The molecule has 0 spiro atoms. The molecule has 1 aliphatic rings. The summed E-state index contributed by atoms with van der Waals surface area (Å²) in [7, 11) is 0. The minimum atomic E-state index is 0. The molecule has 102 valence electrons. The van der Waals surface area contributed by atoms with Gasteiger partial charge in [-0.05, 0) is 24.1 Å². The minimum Gasteiger partial charge on any atom is -0.508 e. The molecule has 0 amide bonds. The Morgan fingerprint density at radius 1 is 1.28 bits per heavy atom. The molecule has 1 saturated heterocycles. The summed E-state index contributed by atoms with van der Waals surface area (Å²) in [4.78, 5) is 2.36. The summed E-state index contributed by atoms with van der Waals surface area (Å²) in [6.45, 7) is 4.12. The summed E-state index contributed by atoms with van der Waals surface area (Å²) < 4.78 is 0. The lowest BCUT2D eigenvalue weighted by Crippen LogP contribution is -2.45. The molecular formula is C13H21ClN2O2. The molecule has 0 aliphatic carbocycles. The van der Waals surface area contributed by atoms with Gasteiger partial charge in [0.1, 0.15) is 5.75 Å². The van der Waals surface area contributed by atoms with Crippen molar-refractivity contribution >= 4 is 12.4 Å². The molecule has 0 aromatic heterocycles. The molecular weight excluding hydrogens is 252 g/mol. The Labute approximate surface area is 114 Å². The Kier molecular flexibility index (Phi) is 6.43. The van der Waals surface area contributed by atoms with Gasteiger partial charge in [0.2, 0.25) is 0 Å². The van der Waals surface area contributed by atoms with Gasteiger partial charge in [0.25, 0.3) is 0 Å². The smallest absolute Gasteiger partial charge is 0.115 e. The van der Waals surface area contributed by atoms with Crippen LogP contribution in [0, 0.1) is 0 Å². The first-order valence-corrected chi connectivity index (χ1v) is 6.16. The third-order valence-electron chi connectivity index (χ3n) is 3.25. The number of benzene rings is 1. The van der Waals surface area contributed by atoms with Crippen molar-refractivity contribution < 1.29 is 10.2 Å². The highest BCUT2D eigenvalue weighted by atomic mass is 35.5. The van der Waals surface area contributed by atoms with E-state index < -0.39 is 0 Å². The topological polar surface area (TPSA) is 55.7 Å². The quantitative estimate of drug-likeness (QED) is 0.770. The van der Waals surface area contributed by atoms with Crippen LogP contribution in [-0.2, 0) is 0 Å². The zero-order chi connectivity index (χ0) is 12.1. The molecule has 1 aliphatic heterocycles. The van der Waals surface area contributed by atoms with Crippen LogP contribution in [0.4, 0.5) is 0 Å². The SMILES string of the molecule is Cl.OCC[C@H](c1cccc(O)c1)N1CCNCC1. The normalized spacial score (nSPS) is 18.1. The average Bonchev–Trinajstić information content (AvgIpc) is 2.37. The van der Waals surface area contributed by atoms with Crippen molar-refractivity contribution in [2.75, 3.05) is 32.8 Å². The van der Waals surface area contributed by atoms with E-state index in [-0.39, 0.29) is 25.1 Å². The first kappa shape index (κ1) is 15.2. The van der Waals surface area contributed by atoms with Crippen molar-refractivity contribution in [3.63, 3.8) is 0 Å². The molecule has 18 heavy (non-hydrogen) atoms. The fourth-order valence-corrected chi connectivity index (χ4v) is 2.41. The van der Waals surface area contributed by atoms with E-state index >= 15 is 0 Å². The molecule has 1 heterocycles. The minimum absolute atomic E-state index is 0. The summed E-state index contributed by atoms with van der Waals surface area (Å²) in [5.74, 6) is 0.292. The number of piperazine rings is 1. The fraction of sp³-hybridized carbons (Fsp3) is 0.538. The average molecular weight is 273 g/mol. The van der Waals surface area contributed by atoms with Gasteiger partial charge in [-0.3, -0.25) is 4.90 Å². The van der Waals surface area contributed by atoms with E-state index in [0.29, 0.717) is 12.2 Å². The number of nitrogens with zero attached hydrogens (tertiary/aromatic N) is 1. The number of hydrogen-bond donors (Lipinski definition) is 3. The van der Waals surface area contributed by atoms with Gasteiger partial charge in [-0.2, -0.15) is 0 Å². The van der Waals surface area contributed by atoms with Crippen molar-refractivity contribution in [3.8, 4) is 5.75 Å². The van der Waals surface area contributed by atoms with Crippen LogP contribution in [0.3, 0.4) is 0 Å². The Balaban J connectivity index is 0.00000162. The van der Waals surface area contributed by atoms with Crippen molar-refractivity contribution in [3.05, 3.63) is 29.8 Å². The predicted molar refractivity (Wildman–Crippen MR) is 74.2 cm³/mol. The largest absolute Gasteiger partial charge is 0.508 e. The van der Waals surface area contributed by atoms with Crippen molar-refractivity contribution in [1.82, 2.24) is 10.2 Å². The number of phenols is 1. The fourth-order valence-electron chi connectivity index (χ4n) is 2.41. The van der Waals surface area contributed by atoms with Gasteiger partial charge in [-0.15, -0.1) is 12.4 Å². The van der Waals surface area contributed by atoms with Crippen LogP contribution in [0.2, 0.25) is 0 Å². The van der Waals surface area contributed by atoms with Gasteiger partial charge in [-0.25, -0.2) is 0 Å². The summed E-state index contributed by atoms with van der Waals surface area (Å²) in [5, 5.41) is 22.0. The maximum Gasteiger partial charge on any atom is 0.115 e. The second kappa shape index (κ2) is 7.59. The van der Waals surface area contributed by atoms with E-state index in [4.69, 9.17) is 0 Å². The predicted octanol–water partition coefficient (Wildman–Crippen LogP) is 1.14. The van der Waals surface area contributed by atoms with E-state index in [1.807, 2.05) is 12.1 Å². The molecule has 1 aromatic carbocycles. The van der Waals surface area contributed by atoms with Gasteiger partial charge in [0.15, 0.2) is 0 Å². The second-order valence-electron chi connectivity index (χ2n) is 4.41. The monoisotopic (exact) mass is 272 g/mol. The number of aliphatic hydroxyl groups excluding tert-OH is 1. The molecule has 4 nitrogen and oxygen atoms in total. The highest BCUT2D eigenvalue weighted by molar-refractivity contribution is 5.85. The van der Waals surface area contributed by atoms with Crippen LogP contribution >= 0.6 is 12.4 Å². The zero-order valence-corrected chi connectivity index (χ0v) is 11.2. The number of nitrogens with one attached hydrogen (secondary N) is 1. The highest BCUT2D eigenvalue weighted by Crippen LogP contribution is 2.26. The van der Waals surface area contributed by atoms with Crippen LogP contribution in [0.25, 0.3) is 0 Å². The number of phenolic OH excluding ortho intramolecular Hbond substituents is 1. The molecule has 0 bridgehead atoms. The van der Waals surface area contributed by atoms with Crippen LogP contribution < -0.4 is 5.32 Å². The molecule has 0 radical (unpaired) electrons. The van der Waals surface area contributed by atoms with Gasteiger partial charge in [-0.1, -0.05) is 12.1 Å². The van der Waals surface area contributed by atoms with Crippen molar-refractivity contribution in [2.24, 2.45) is 0 Å². The number of aromatic hydroxyl groups is 1. The molecule has 1 fully saturated rings. The standard InChI is InChI=1S/C13H20N2O2.ClH/c16-9-4-13(15-7-5-14-6-8-15)11-2-1-3-12(17)10-11;/h1-3,10,13-14,16-17H,4-9H2;1H/t13-;/m1./s1. The first-order chi connectivity index (χ1) is 8.31. The van der Waals surface area contributed by atoms with Crippen LogP contribution in [0.15, 0.2) is 24.3 Å². The second-order valence-corrected chi connectivity index (χ2v) is 4.41. The number of halogens is 1. The van der Waals surface area contributed by atoms with E-state index in [0.717, 1.165) is 31.7 Å². The van der Waals surface area contributed by atoms with Crippen LogP contribution in [0.1, 0.15) is 18.0 Å². The Hall–Kier alpha value is -0.810.